The molecule has 1 heterocycles. The molecule has 0 atom stereocenters. The van der Waals surface area contributed by atoms with Crippen LogP contribution in [0.2, 0.25) is 0 Å². The van der Waals surface area contributed by atoms with E-state index in [1.54, 1.807) is 17.4 Å². The van der Waals surface area contributed by atoms with Crippen molar-refractivity contribution in [3.05, 3.63) is 35.4 Å². The van der Waals surface area contributed by atoms with Crippen molar-refractivity contribution in [1.82, 2.24) is 10.4 Å². The van der Waals surface area contributed by atoms with Gasteiger partial charge in [-0.05, 0) is 18.6 Å². The SMILES string of the molecule is CCCCCCCCCCCCCCCCCC(=O)NN1C=NCC1.NC(=O)c1ccccc1C(=O)O. The van der Waals surface area contributed by atoms with Gasteiger partial charge in [-0.1, -0.05) is 109 Å². The molecular weight excluding hydrogens is 468 g/mol. The van der Waals surface area contributed by atoms with Crippen molar-refractivity contribution in [2.75, 3.05) is 13.1 Å². The number of hydrazine groups is 1. The van der Waals surface area contributed by atoms with Crippen LogP contribution in [0.4, 0.5) is 0 Å². The Morgan fingerprint density at radius 1 is 0.838 bits per heavy atom. The minimum absolute atomic E-state index is 0.0324. The number of amides is 2. The average Bonchev–Trinajstić information content (AvgIpc) is 3.39. The number of aliphatic imine (C=N–C) groups is 1. The van der Waals surface area contributed by atoms with Gasteiger partial charge in [-0.15, -0.1) is 0 Å². The molecule has 0 unspecified atom stereocenters. The van der Waals surface area contributed by atoms with E-state index in [1.165, 1.54) is 108 Å². The largest absolute Gasteiger partial charge is 0.478 e. The lowest BCUT2D eigenvalue weighted by atomic mass is 10.0. The highest BCUT2D eigenvalue weighted by Gasteiger charge is 2.12. The summed E-state index contributed by atoms with van der Waals surface area (Å²) in [4.78, 5) is 37.0. The van der Waals surface area contributed by atoms with Gasteiger partial charge in [0, 0.05) is 6.42 Å². The minimum atomic E-state index is -1.15. The van der Waals surface area contributed by atoms with Crippen molar-refractivity contribution in [3.63, 3.8) is 0 Å². The monoisotopic (exact) mass is 516 g/mol. The van der Waals surface area contributed by atoms with Crippen molar-refractivity contribution in [2.45, 2.75) is 110 Å². The molecule has 0 aliphatic carbocycles. The average molecular weight is 517 g/mol. The highest BCUT2D eigenvalue weighted by Crippen LogP contribution is 2.13. The first-order chi connectivity index (χ1) is 18.0. The van der Waals surface area contributed by atoms with Crippen molar-refractivity contribution in [3.8, 4) is 0 Å². The number of benzene rings is 1. The number of carboxylic acid groups (broad SMARTS) is 1. The standard InChI is InChI=1S/C21H41N3O.C8H7NO3/c1-2-3-4-5-6-7-8-9-10-11-12-13-14-15-16-17-21(25)23-24-19-18-22-20-24;9-7(10)5-3-1-2-4-6(5)8(11)12/h20H,2-19H2,1H3,(H,23,25);1-4H,(H2,9,10)(H,11,12). The zero-order valence-corrected chi connectivity index (χ0v) is 22.8. The van der Waals surface area contributed by atoms with E-state index in [4.69, 9.17) is 10.8 Å². The van der Waals surface area contributed by atoms with Crippen molar-refractivity contribution in [1.29, 1.82) is 0 Å². The van der Waals surface area contributed by atoms with Crippen molar-refractivity contribution < 1.29 is 19.5 Å². The van der Waals surface area contributed by atoms with E-state index in [-0.39, 0.29) is 17.0 Å². The van der Waals surface area contributed by atoms with E-state index in [9.17, 15) is 14.4 Å². The van der Waals surface area contributed by atoms with Crippen LogP contribution in [0.3, 0.4) is 0 Å². The molecule has 0 saturated carbocycles. The fraction of sp³-hybridized carbons (Fsp3) is 0.655. The highest BCUT2D eigenvalue weighted by atomic mass is 16.4. The van der Waals surface area contributed by atoms with Crippen LogP contribution < -0.4 is 11.2 Å². The zero-order chi connectivity index (χ0) is 27.1. The summed E-state index contributed by atoms with van der Waals surface area (Å²) in [5, 5.41) is 10.4. The van der Waals surface area contributed by atoms with Crippen LogP contribution in [-0.4, -0.2) is 47.3 Å². The van der Waals surface area contributed by atoms with Crippen LogP contribution in [0.15, 0.2) is 29.3 Å². The first kappa shape index (κ1) is 32.1. The van der Waals surface area contributed by atoms with Crippen LogP contribution >= 0.6 is 0 Å². The van der Waals surface area contributed by atoms with E-state index in [2.05, 4.69) is 17.3 Å². The highest BCUT2D eigenvalue weighted by molar-refractivity contribution is 6.03. The zero-order valence-electron chi connectivity index (χ0n) is 22.8. The number of nitrogens with one attached hydrogen (secondary N) is 1. The maximum Gasteiger partial charge on any atom is 0.336 e. The Morgan fingerprint density at radius 3 is 1.73 bits per heavy atom. The molecule has 0 saturated heterocycles. The molecule has 1 aromatic carbocycles. The van der Waals surface area contributed by atoms with E-state index in [0.717, 1.165) is 19.5 Å². The number of hydrogen-bond acceptors (Lipinski definition) is 5. The summed E-state index contributed by atoms with van der Waals surface area (Å²) in [5.41, 5.74) is 7.79. The fourth-order valence-corrected chi connectivity index (χ4v) is 4.22. The van der Waals surface area contributed by atoms with Crippen molar-refractivity contribution in [2.24, 2.45) is 10.7 Å². The molecule has 208 valence electrons. The second-order valence-electron chi connectivity index (χ2n) is 9.66. The summed E-state index contributed by atoms with van der Waals surface area (Å²) in [6, 6.07) is 5.82. The Hall–Kier alpha value is -2.90. The van der Waals surface area contributed by atoms with E-state index in [0.29, 0.717) is 6.42 Å². The van der Waals surface area contributed by atoms with Gasteiger partial charge in [0.25, 0.3) is 0 Å². The quantitative estimate of drug-likeness (QED) is 0.191. The summed E-state index contributed by atoms with van der Waals surface area (Å²) in [5.74, 6) is -1.75. The Kier molecular flexibility index (Phi) is 18.4. The smallest absolute Gasteiger partial charge is 0.336 e. The number of primary amides is 1. The lowest BCUT2D eigenvalue weighted by molar-refractivity contribution is -0.124. The Balaban J connectivity index is 0.000000474. The van der Waals surface area contributed by atoms with E-state index >= 15 is 0 Å². The Labute approximate surface area is 223 Å². The predicted molar refractivity (Wildman–Crippen MR) is 150 cm³/mol. The Bertz CT molecular complexity index is 780. The molecule has 1 aliphatic rings. The molecule has 1 aliphatic heterocycles. The third-order valence-corrected chi connectivity index (χ3v) is 6.39. The summed E-state index contributed by atoms with van der Waals surface area (Å²) in [6.45, 7) is 3.88. The van der Waals surface area contributed by atoms with Crippen LogP contribution in [0.25, 0.3) is 0 Å². The molecule has 0 bridgehead atoms. The number of rotatable bonds is 19. The van der Waals surface area contributed by atoms with Gasteiger partial charge in [0.1, 0.15) is 6.34 Å². The molecule has 4 N–H and O–H groups in total. The topological polar surface area (TPSA) is 125 Å². The molecule has 8 nitrogen and oxygen atoms in total. The van der Waals surface area contributed by atoms with Gasteiger partial charge in [-0.2, -0.15) is 0 Å². The van der Waals surface area contributed by atoms with Gasteiger partial charge in [0.15, 0.2) is 0 Å². The van der Waals surface area contributed by atoms with Crippen LogP contribution in [0, 0.1) is 0 Å². The summed E-state index contributed by atoms with van der Waals surface area (Å²) in [6.07, 6.45) is 22.7. The number of nitrogens with zero attached hydrogens (tertiary/aromatic N) is 2. The number of unbranched alkanes of at least 4 members (excludes halogenated alkanes) is 14. The molecule has 8 heteroatoms. The molecule has 2 rings (SSSR count). The van der Waals surface area contributed by atoms with Crippen LogP contribution in [0.5, 0.6) is 0 Å². The number of carbonyl (C=O) groups excluding carboxylic acids is 2. The van der Waals surface area contributed by atoms with Gasteiger partial charge in [0.05, 0.1) is 24.2 Å². The van der Waals surface area contributed by atoms with Gasteiger partial charge >= 0.3 is 5.97 Å². The summed E-state index contributed by atoms with van der Waals surface area (Å²) in [7, 11) is 0. The molecule has 37 heavy (non-hydrogen) atoms. The maximum absolute atomic E-state index is 11.7. The third kappa shape index (κ3) is 16.5. The lowest BCUT2D eigenvalue weighted by Crippen LogP contribution is -2.39. The van der Waals surface area contributed by atoms with E-state index < -0.39 is 11.9 Å². The van der Waals surface area contributed by atoms with Crippen LogP contribution in [0.1, 0.15) is 130 Å². The molecular formula is C29H48N4O4. The lowest BCUT2D eigenvalue weighted by Gasteiger charge is -2.14. The molecule has 0 aromatic heterocycles. The Morgan fingerprint density at radius 2 is 1.32 bits per heavy atom. The second kappa shape index (κ2) is 21.2. The normalized spacial score (nSPS) is 12.2. The third-order valence-electron chi connectivity index (χ3n) is 6.39. The van der Waals surface area contributed by atoms with Crippen molar-refractivity contribution >= 4 is 24.1 Å². The molecule has 1 aromatic rings. The summed E-state index contributed by atoms with van der Waals surface area (Å²) < 4.78 is 0. The number of nitrogens with two attached hydrogens (primary N) is 1. The first-order valence-corrected chi connectivity index (χ1v) is 14.1. The van der Waals surface area contributed by atoms with Gasteiger partial charge in [0.2, 0.25) is 11.8 Å². The number of carbonyl (C=O) groups is 3. The van der Waals surface area contributed by atoms with E-state index in [1.807, 2.05) is 0 Å². The van der Waals surface area contributed by atoms with Crippen LogP contribution in [-0.2, 0) is 4.79 Å². The summed E-state index contributed by atoms with van der Waals surface area (Å²) >= 11 is 0. The first-order valence-electron chi connectivity index (χ1n) is 14.1. The molecule has 2 amide bonds. The molecule has 0 fully saturated rings. The fourth-order valence-electron chi connectivity index (χ4n) is 4.22. The second-order valence-corrected chi connectivity index (χ2v) is 9.66. The molecule has 0 radical (unpaired) electrons. The predicted octanol–water partition coefficient (Wildman–Crippen LogP) is 6.11. The van der Waals surface area contributed by atoms with Gasteiger partial charge < -0.3 is 10.8 Å². The number of carboxylic acids is 1. The minimum Gasteiger partial charge on any atom is -0.478 e. The molecule has 0 spiro atoms. The van der Waals surface area contributed by atoms with Gasteiger partial charge in [-0.3, -0.25) is 25.0 Å². The number of aromatic carboxylic acids is 1. The van der Waals surface area contributed by atoms with Gasteiger partial charge in [-0.25, -0.2) is 4.79 Å². The maximum atomic E-state index is 11.7. The number of hydrogen-bond donors (Lipinski definition) is 3.